The minimum Gasteiger partial charge on any atom is -0.489 e. The van der Waals surface area contributed by atoms with E-state index in [0.29, 0.717) is 19.2 Å². The number of benzene rings is 1. The first kappa shape index (κ1) is 23.4. The first-order valence-electron chi connectivity index (χ1n) is 9.49. The quantitative estimate of drug-likeness (QED) is 0.461. The topological polar surface area (TPSA) is 88.6 Å². The maximum Gasteiger partial charge on any atom is 0.421 e. The standard InChI is InChI=1S/C19H20F5N5O3/c1-25-17-12(19(22,23)24)8-26-18(28-17)27-14-7-13(21)11(6-15(14)31-4-2-20)16-9-29(10-30)3-5-32-16/h6-8,10,16H,2-5,9H2,1H3,(H2,25,26,27,28). The summed E-state index contributed by atoms with van der Waals surface area (Å²) in [4.78, 5) is 19.9. The number of alkyl halides is 4. The monoisotopic (exact) mass is 461 g/mol. The van der Waals surface area contributed by atoms with Gasteiger partial charge in [0.1, 0.15) is 42.3 Å². The summed E-state index contributed by atoms with van der Waals surface area (Å²) >= 11 is 0. The molecule has 0 spiro atoms. The molecule has 13 heteroatoms. The molecule has 1 unspecified atom stereocenters. The average molecular weight is 461 g/mol. The molecular formula is C19H20F5N5O3. The lowest BCUT2D eigenvalue weighted by molar-refractivity contribution is -0.137. The van der Waals surface area contributed by atoms with Gasteiger partial charge in [-0.1, -0.05) is 0 Å². The molecule has 174 valence electrons. The third kappa shape index (κ3) is 5.33. The van der Waals surface area contributed by atoms with Gasteiger partial charge in [0.15, 0.2) is 0 Å². The van der Waals surface area contributed by atoms with Crippen LogP contribution in [-0.2, 0) is 15.7 Å². The minimum absolute atomic E-state index is 0.0142. The van der Waals surface area contributed by atoms with E-state index in [2.05, 4.69) is 20.6 Å². The van der Waals surface area contributed by atoms with Gasteiger partial charge in [-0.3, -0.25) is 4.79 Å². The van der Waals surface area contributed by atoms with Gasteiger partial charge in [0.2, 0.25) is 12.4 Å². The second kappa shape index (κ2) is 9.94. The van der Waals surface area contributed by atoms with Gasteiger partial charge in [-0.25, -0.2) is 13.8 Å². The summed E-state index contributed by atoms with van der Waals surface area (Å²) in [7, 11) is 1.26. The highest BCUT2D eigenvalue weighted by Crippen LogP contribution is 2.36. The number of nitrogens with zero attached hydrogens (tertiary/aromatic N) is 3. The molecule has 1 atom stereocenters. The normalized spacial score (nSPS) is 16.6. The van der Waals surface area contributed by atoms with Crippen molar-refractivity contribution in [1.29, 1.82) is 0 Å². The smallest absolute Gasteiger partial charge is 0.421 e. The lowest BCUT2D eigenvalue weighted by atomic mass is 10.1. The zero-order valence-corrected chi connectivity index (χ0v) is 16.9. The Kier molecular flexibility index (Phi) is 7.28. The van der Waals surface area contributed by atoms with Gasteiger partial charge in [0.05, 0.1) is 18.8 Å². The fourth-order valence-electron chi connectivity index (χ4n) is 3.10. The van der Waals surface area contributed by atoms with E-state index in [0.717, 1.165) is 6.07 Å². The largest absolute Gasteiger partial charge is 0.489 e. The van der Waals surface area contributed by atoms with Crippen LogP contribution < -0.4 is 15.4 Å². The SMILES string of the molecule is CNc1nc(Nc2cc(F)c(C3CN(C=O)CCO3)cc2OCCF)ncc1C(F)(F)F. The van der Waals surface area contributed by atoms with Gasteiger partial charge >= 0.3 is 6.18 Å². The fraction of sp³-hybridized carbons (Fsp3) is 0.421. The Morgan fingerprint density at radius 2 is 2.16 bits per heavy atom. The van der Waals surface area contributed by atoms with Crippen molar-refractivity contribution in [3.8, 4) is 5.75 Å². The first-order chi connectivity index (χ1) is 15.3. The summed E-state index contributed by atoms with van der Waals surface area (Å²) in [5.41, 5.74) is -1.01. The molecule has 2 aromatic rings. The van der Waals surface area contributed by atoms with Crippen LogP contribution in [-0.4, -0.2) is 61.3 Å². The van der Waals surface area contributed by atoms with Crippen LogP contribution in [0.15, 0.2) is 18.3 Å². The molecule has 1 aromatic carbocycles. The third-order valence-corrected chi connectivity index (χ3v) is 4.60. The van der Waals surface area contributed by atoms with E-state index in [-0.39, 0.29) is 42.7 Å². The van der Waals surface area contributed by atoms with Crippen LogP contribution in [0.5, 0.6) is 5.75 Å². The molecule has 1 amide bonds. The van der Waals surface area contributed by atoms with E-state index in [4.69, 9.17) is 9.47 Å². The Morgan fingerprint density at radius 3 is 2.81 bits per heavy atom. The molecule has 0 saturated carbocycles. The molecule has 3 rings (SSSR count). The number of carbonyl (C=O) groups excluding carboxylic acids is 1. The predicted molar refractivity (Wildman–Crippen MR) is 104 cm³/mol. The number of hydrogen-bond donors (Lipinski definition) is 2. The van der Waals surface area contributed by atoms with Crippen LogP contribution in [0.3, 0.4) is 0 Å². The fourth-order valence-corrected chi connectivity index (χ4v) is 3.10. The molecule has 1 aromatic heterocycles. The van der Waals surface area contributed by atoms with Gasteiger partial charge in [-0.05, 0) is 6.07 Å². The molecule has 0 bridgehead atoms. The van der Waals surface area contributed by atoms with Crippen molar-refractivity contribution in [2.45, 2.75) is 12.3 Å². The maximum absolute atomic E-state index is 14.9. The van der Waals surface area contributed by atoms with E-state index < -0.39 is 36.2 Å². The number of amides is 1. The second-order valence-corrected chi connectivity index (χ2v) is 6.70. The van der Waals surface area contributed by atoms with Crippen molar-refractivity contribution in [3.63, 3.8) is 0 Å². The summed E-state index contributed by atoms with van der Waals surface area (Å²) in [5, 5.41) is 4.94. The van der Waals surface area contributed by atoms with Crippen molar-refractivity contribution in [2.24, 2.45) is 0 Å². The van der Waals surface area contributed by atoms with Crippen LogP contribution >= 0.6 is 0 Å². The molecule has 0 radical (unpaired) electrons. The Hall–Kier alpha value is -3.22. The molecule has 1 aliphatic heterocycles. The number of aromatic nitrogens is 2. The Morgan fingerprint density at radius 1 is 1.38 bits per heavy atom. The molecule has 8 nitrogen and oxygen atoms in total. The average Bonchev–Trinajstić information content (AvgIpc) is 2.77. The first-order valence-corrected chi connectivity index (χ1v) is 9.49. The van der Waals surface area contributed by atoms with Crippen LogP contribution in [0.1, 0.15) is 17.2 Å². The summed E-state index contributed by atoms with van der Waals surface area (Å²) in [6.45, 7) is -0.489. The van der Waals surface area contributed by atoms with Crippen LogP contribution in [0.2, 0.25) is 0 Å². The van der Waals surface area contributed by atoms with Gasteiger partial charge < -0.3 is 25.0 Å². The van der Waals surface area contributed by atoms with E-state index >= 15 is 0 Å². The van der Waals surface area contributed by atoms with E-state index in [1.165, 1.54) is 18.0 Å². The van der Waals surface area contributed by atoms with Crippen molar-refractivity contribution in [1.82, 2.24) is 14.9 Å². The van der Waals surface area contributed by atoms with Crippen LogP contribution in [0.25, 0.3) is 0 Å². The number of anilines is 3. The molecule has 0 aliphatic carbocycles. The summed E-state index contributed by atoms with van der Waals surface area (Å²) < 4.78 is 77.6. The van der Waals surface area contributed by atoms with E-state index in [9.17, 15) is 26.7 Å². The number of halogens is 5. The predicted octanol–water partition coefficient (Wildman–Crippen LogP) is 3.30. The Bertz CT molecular complexity index is 960. The number of hydrogen-bond acceptors (Lipinski definition) is 7. The molecule has 1 fully saturated rings. The number of ether oxygens (including phenoxy) is 2. The Balaban J connectivity index is 1.94. The lowest BCUT2D eigenvalue weighted by Gasteiger charge is -2.31. The summed E-state index contributed by atoms with van der Waals surface area (Å²) in [6, 6.07) is 2.31. The highest BCUT2D eigenvalue weighted by atomic mass is 19.4. The summed E-state index contributed by atoms with van der Waals surface area (Å²) in [6.07, 6.45) is -4.23. The zero-order valence-electron chi connectivity index (χ0n) is 16.9. The summed E-state index contributed by atoms with van der Waals surface area (Å²) in [5.74, 6) is -1.46. The van der Waals surface area contributed by atoms with E-state index in [1.54, 1.807) is 0 Å². The van der Waals surface area contributed by atoms with Crippen LogP contribution in [0, 0.1) is 5.82 Å². The van der Waals surface area contributed by atoms with Gasteiger partial charge in [-0.2, -0.15) is 18.2 Å². The highest BCUT2D eigenvalue weighted by Gasteiger charge is 2.35. The number of carbonyl (C=O) groups is 1. The third-order valence-electron chi connectivity index (χ3n) is 4.60. The number of morpholine rings is 1. The molecule has 2 heterocycles. The van der Waals surface area contributed by atoms with E-state index in [1.807, 2.05) is 0 Å². The van der Waals surface area contributed by atoms with Gasteiger partial charge in [0.25, 0.3) is 0 Å². The van der Waals surface area contributed by atoms with Gasteiger partial charge in [-0.15, -0.1) is 0 Å². The number of rotatable bonds is 8. The van der Waals surface area contributed by atoms with Crippen molar-refractivity contribution in [3.05, 3.63) is 35.3 Å². The van der Waals surface area contributed by atoms with Gasteiger partial charge in [0, 0.05) is 31.4 Å². The molecule has 32 heavy (non-hydrogen) atoms. The highest BCUT2D eigenvalue weighted by molar-refractivity contribution is 5.65. The van der Waals surface area contributed by atoms with Crippen molar-refractivity contribution < 1.29 is 36.2 Å². The molecular weight excluding hydrogens is 441 g/mol. The minimum atomic E-state index is -4.67. The van der Waals surface area contributed by atoms with Crippen LogP contribution in [0.4, 0.5) is 39.4 Å². The molecule has 1 saturated heterocycles. The molecule has 2 N–H and O–H groups in total. The van der Waals surface area contributed by atoms with Crippen molar-refractivity contribution >= 4 is 23.9 Å². The van der Waals surface area contributed by atoms with Crippen molar-refractivity contribution in [2.75, 3.05) is 50.7 Å². The number of nitrogens with one attached hydrogen (secondary N) is 2. The lowest BCUT2D eigenvalue weighted by Crippen LogP contribution is -2.37. The second-order valence-electron chi connectivity index (χ2n) is 6.70. The maximum atomic E-state index is 14.9. The Labute approximate surface area is 179 Å². The molecule has 1 aliphatic rings. The zero-order chi connectivity index (χ0) is 23.3.